The monoisotopic (exact) mass is 272 g/mol. The highest BCUT2D eigenvalue weighted by Crippen LogP contribution is 2.18. The summed E-state index contributed by atoms with van der Waals surface area (Å²) >= 11 is 0. The molecule has 0 aliphatic heterocycles. The number of hydrogen-bond acceptors (Lipinski definition) is 4. The molecule has 0 atom stereocenters. The van der Waals surface area contributed by atoms with E-state index in [1.54, 1.807) is 36.9 Å². The number of amides is 2. The van der Waals surface area contributed by atoms with E-state index in [-0.39, 0.29) is 6.03 Å². The lowest BCUT2D eigenvalue weighted by atomic mass is 10.2. The first-order chi connectivity index (χ1) is 9.52. The van der Waals surface area contributed by atoms with Gasteiger partial charge in [0.25, 0.3) is 0 Å². The third-order valence-electron chi connectivity index (χ3n) is 2.92. The third-order valence-corrected chi connectivity index (χ3v) is 2.92. The quantitative estimate of drug-likeness (QED) is 0.861. The molecule has 0 saturated heterocycles. The predicted molar refractivity (Wildman–Crippen MR) is 75.9 cm³/mol. The maximum atomic E-state index is 11.4. The Labute approximate surface area is 116 Å². The minimum absolute atomic E-state index is 0.161. The fraction of sp³-hybridized carbons (Fsp3) is 0.308. The number of benzene rings is 1. The highest BCUT2D eigenvalue weighted by molar-refractivity contribution is 5.80. The van der Waals surface area contributed by atoms with Gasteiger partial charge >= 0.3 is 6.03 Å². The normalized spacial score (nSPS) is 10.2. The van der Waals surface area contributed by atoms with E-state index in [0.29, 0.717) is 24.6 Å². The fourth-order valence-electron chi connectivity index (χ4n) is 1.88. The fourth-order valence-corrected chi connectivity index (χ4v) is 1.88. The SMILES string of the molecule is CN(C)C(=O)NCCn1c(N)nc2ccc(C#N)cc21. The van der Waals surface area contributed by atoms with Crippen LogP contribution < -0.4 is 11.1 Å². The van der Waals surface area contributed by atoms with Crippen LogP contribution in [0.5, 0.6) is 0 Å². The Kier molecular flexibility index (Phi) is 3.75. The molecule has 0 unspecified atom stereocenters. The topological polar surface area (TPSA) is 100.0 Å². The van der Waals surface area contributed by atoms with Crippen molar-refractivity contribution in [3.63, 3.8) is 0 Å². The van der Waals surface area contributed by atoms with Crippen LogP contribution in [0.1, 0.15) is 5.56 Å². The average molecular weight is 272 g/mol. The molecule has 0 spiro atoms. The van der Waals surface area contributed by atoms with Crippen molar-refractivity contribution < 1.29 is 4.79 Å². The van der Waals surface area contributed by atoms with Gasteiger partial charge in [-0.2, -0.15) is 5.26 Å². The van der Waals surface area contributed by atoms with Crippen LogP contribution in [0.4, 0.5) is 10.7 Å². The van der Waals surface area contributed by atoms with Crippen molar-refractivity contribution in [1.82, 2.24) is 19.8 Å². The maximum Gasteiger partial charge on any atom is 0.316 e. The van der Waals surface area contributed by atoms with Gasteiger partial charge in [0.2, 0.25) is 5.95 Å². The first kappa shape index (κ1) is 13.7. The van der Waals surface area contributed by atoms with Crippen LogP contribution in [0.15, 0.2) is 18.2 Å². The van der Waals surface area contributed by atoms with Crippen LogP contribution >= 0.6 is 0 Å². The first-order valence-electron chi connectivity index (χ1n) is 6.14. The van der Waals surface area contributed by atoms with Crippen LogP contribution in [0.3, 0.4) is 0 Å². The van der Waals surface area contributed by atoms with Gasteiger partial charge in [-0.1, -0.05) is 0 Å². The number of nitrogens with zero attached hydrogens (tertiary/aromatic N) is 4. The molecule has 0 radical (unpaired) electrons. The van der Waals surface area contributed by atoms with E-state index in [1.165, 1.54) is 4.90 Å². The van der Waals surface area contributed by atoms with Gasteiger partial charge in [-0.05, 0) is 18.2 Å². The smallest absolute Gasteiger partial charge is 0.316 e. The molecule has 20 heavy (non-hydrogen) atoms. The van der Waals surface area contributed by atoms with Gasteiger partial charge in [-0.15, -0.1) is 0 Å². The summed E-state index contributed by atoms with van der Waals surface area (Å²) in [5.41, 5.74) is 7.95. The highest BCUT2D eigenvalue weighted by Gasteiger charge is 2.09. The molecule has 0 saturated carbocycles. The Morgan fingerprint density at radius 3 is 2.95 bits per heavy atom. The number of aromatic nitrogens is 2. The molecule has 0 aliphatic carbocycles. The lowest BCUT2D eigenvalue weighted by Crippen LogP contribution is -2.36. The lowest BCUT2D eigenvalue weighted by Gasteiger charge is -2.12. The summed E-state index contributed by atoms with van der Waals surface area (Å²) < 4.78 is 1.78. The molecule has 0 aliphatic rings. The molecule has 2 aromatic rings. The van der Waals surface area contributed by atoms with Crippen molar-refractivity contribution in [2.75, 3.05) is 26.4 Å². The van der Waals surface area contributed by atoms with E-state index >= 15 is 0 Å². The second-order valence-electron chi connectivity index (χ2n) is 4.56. The Morgan fingerprint density at radius 2 is 2.30 bits per heavy atom. The van der Waals surface area contributed by atoms with Gasteiger partial charge in [-0.3, -0.25) is 0 Å². The summed E-state index contributed by atoms with van der Waals surface area (Å²) in [4.78, 5) is 17.1. The van der Waals surface area contributed by atoms with E-state index in [4.69, 9.17) is 11.0 Å². The maximum absolute atomic E-state index is 11.4. The van der Waals surface area contributed by atoms with Gasteiger partial charge in [-0.25, -0.2) is 9.78 Å². The molecule has 7 heteroatoms. The molecule has 104 valence electrons. The number of anilines is 1. The lowest BCUT2D eigenvalue weighted by molar-refractivity contribution is 0.217. The number of rotatable bonds is 3. The van der Waals surface area contributed by atoms with Crippen molar-refractivity contribution in [3.05, 3.63) is 23.8 Å². The van der Waals surface area contributed by atoms with E-state index in [0.717, 1.165) is 11.0 Å². The summed E-state index contributed by atoms with van der Waals surface area (Å²) in [6.45, 7) is 0.931. The number of nitrogens with one attached hydrogen (secondary N) is 1. The zero-order chi connectivity index (χ0) is 14.7. The molecular formula is C13H16N6O. The summed E-state index contributed by atoms with van der Waals surface area (Å²) in [6, 6.07) is 7.13. The third kappa shape index (κ3) is 2.64. The number of carbonyl (C=O) groups excluding carboxylic acids is 1. The van der Waals surface area contributed by atoms with E-state index in [1.807, 2.05) is 0 Å². The van der Waals surface area contributed by atoms with E-state index in [9.17, 15) is 4.79 Å². The second kappa shape index (κ2) is 5.48. The second-order valence-corrected chi connectivity index (χ2v) is 4.56. The molecular weight excluding hydrogens is 256 g/mol. The summed E-state index contributed by atoms with van der Waals surface area (Å²) in [5, 5.41) is 11.7. The Hall–Kier alpha value is -2.75. The van der Waals surface area contributed by atoms with Crippen molar-refractivity contribution in [3.8, 4) is 6.07 Å². The zero-order valence-corrected chi connectivity index (χ0v) is 11.4. The van der Waals surface area contributed by atoms with E-state index in [2.05, 4.69) is 16.4 Å². The minimum Gasteiger partial charge on any atom is -0.369 e. The predicted octanol–water partition coefficient (Wildman–Crippen LogP) is 0.761. The molecule has 1 aromatic carbocycles. The number of fused-ring (bicyclic) bond motifs is 1. The number of imidazole rings is 1. The van der Waals surface area contributed by atoms with Crippen molar-refractivity contribution >= 4 is 23.0 Å². The molecule has 2 amide bonds. The zero-order valence-electron chi connectivity index (χ0n) is 11.4. The number of urea groups is 1. The number of hydrogen-bond donors (Lipinski definition) is 2. The van der Waals surface area contributed by atoms with Crippen LogP contribution in [-0.4, -0.2) is 41.1 Å². The van der Waals surface area contributed by atoms with Crippen LogP contribution in [0.2, 0.25) is 0 Å². The van der Waals surface area contributed by atoms with Crippen molar-refractivity contribution in [2.45, 2.75) is 6.54 Å². The minimum atomic E-state index is -0.161. The summed E-state index contributed by atoms with van der Waals surface area (Å²) in [6.07, 6.45) is 0. The van der Waals surface area contributed by atoms with Crippen molar-refractivity contribution in [1.29, 1.82) is 5.26 Å². The number of nitriles is 1. The van der Waals surface area contributed by atoms with Gasteiger partial charge in [0.1, 0.15) is 0 Å². The molecule has 0 fully saturated rings. The van der Waals surface area contributed by atoms with Gasteiger partial charge < -0.3 is 20.5 Å². The molecule has 1 aromatic heterocycles. The highest BCUT2D eigenvalue weighted by atomic mass is 16.2. The number of nitrogen functional groups attached to an aromatic ring is 1. The van der Waals surface area contributed by atoms with Crippen molar-refractivity contribution in [2.24, 2.45) is 0 Å². The average Bonchev–Trinajstić information content (AvgIpc) is 2.74. The van der Waals surface area contributed by atoms with Gasteiger partial charge in [0, 0.05) is 27.2 Å². The van der Waals surface area contributed by atoms with Gasteiger partial charge in [0.15, 0.2) is 0 Å². The standard InChI is InChI=1S/C13H16N6O/c1-18(2)13(20)16-5-6-19-11-7-9(8-14)3-4-10(11)17-12(19)15/h3-4,7H,5-6H2,1-2H3,(H2,15,17)(H,16,20). The Balaban J connectivity index is 2.19. The largest absolute Gasteiger partial charge is 0.369 e. The first-order valence-corrected chi connectivity index (χ1v) is 6.14. The Morgan fingerprint density at radius 1 is 1.55 bits per heavy atom. The van der Waals surface area contributed by atoms with Crippen LogP contribution in [0, 0.1) is 11.3 Å². The summed E-state index contributed by atoms with van der Waals surface area (Å²) in [7, 11) is 3.35. The number of carbonyl (C=O) groups is 1. The molecule has 7 nitrogen and oxygen atoms in total. The number of nitrogens with two attached hydrogens (primary N) is 1. The summed E-state index contributed by atoms with van der Waals surface area (Å²) in [5.74, 6) is 0.370. The Bertz CT molecular complexity index is 682. The molecule has 3 N–H and O–H groups in total. The molecule has 1 heterocycles. The van der Waals surface area contributed by atoms with Gasteiger partial charge in [0.05, 0.1) is 22.7 Å². The molecule has 2 rings (SSSR count). The van der Waals surface area contributed by atoms with Crippen LogP contribution in [0.25, 0.3) is 11.0 Å². The van der Waals surface area contributed by atoms with E-state index < -0.39 is 0 Å². The molecule has 0 bridgehead atoms. The van der Waals surface area contributed by atoms with Crippen LogP contribution in [-0.2, 0) is 6.54 Å².